The molecule has 2 heterocycles. The summed E-state index contributed by atoms with van der Waals surface area (Å²) >= 11 is 0. The molecule has 0 spiro atoms. The molecule has 27 heavy (non-hydrogen) atoms. The summed E-state index contributed by atoms with van der Waals surface area (Å²) in [5.41, 5.74) is 2.01. The van der Waals surface area contributed by atoms with Crippen molar-refractivity contribution in [2.45, 2.75) is 32.2 Å². The van der Waals surface area contributed by atoms with E-state index in [-0.39, 0.29) is 17.4 Å². The van der Waals surface area contributed by atoms with Crippen LogP contribution in [0.5, 0.6) is 0 Å². The lowest BCUT2D eigenvalue weighted by atomic mass is 10.1. The number of amides is 1. The molecule has 1 unspecified atom stereocenters. The number of benzene rings is 1. The maximum atomic E-state index is 12.4. The largest absolute Gasteiger partial charge is 0.369 e. The number of aromatic nitrogens is 2. The van der Waals surface area contributed by atoms with Crippen molar-refractivity contribution < 1.29 is 4.79 Å². The van der Waals surface area contributed by atoms with Crippen molar-refractivity contribution in [1.82, 2.24) is 15.1 Å². The minimum atomic E-state index is -0.0461. The first-order valence-corrected chi connectivity index (χ1v) is 9.83. The van der Waals surface area contributed by atoms with Gasteiger partial charge >= 0.3 is 0 Å². The number of carbonyl (C=O) groups is 1. The van der Waals surface area contributed by atoms with Gasteiger partial charge in [-0.1, -0.05) is 30.3 Å². The van der Waals surface area contributed by atoms with Gasteiger partial charge in [0.15, 0.2) is 0 Å². The standard InChI is InChI=1S/C21H26N4O2/c26-20-12-19(13-23-25(20)14-17-6-7-17)24-11-9-18(15-24)21(27)22-10-8-16-4-2-1-3-5-16/h1-5,12-13,17-18H,6-11,14-15H2,(H,22,27). The zero-order chi connectivity index (χ0) is 18.6. The van der Waals surface area contributed by atoms with Gasteiger partial charge in [0.05, 0.1) is 17.8 Å². The van der Waals surface area contributed by atoms with E-state index in [1.165, 1.54) is 18.4 Å². The van der Waals surface area contributed by atoms with Gasteiger partial charge in [-0.25, -0.2) is 4.68 Å². The second-order valence-electron chi connectivity index (χ2n) is 7.64. The molecule has 1 saturated carbocycles. The quantitative estimate of drug-likeness (QED) is 0.812. The number of carbonyl (C=O) groups excluding carboxylic acids is 1. The monoisotopic (exact) mass is 366 g/mol. The highest BCUT2D eigenvalue weighted by Gasteiger charge is 2.29. The summed E-state index contributed by atoms with van der Waals surface area (Å²) in [6.45, 7) is 2.80. The molecule has 1 aromatic carbocycles. The van der Waals surface area contributed by atoms with Crippen molar-refractivity contribution in [3.05, 3.63) is 58.5 Å². The summed E-state index contributed by atoms with van der Waals surface area (Å²) < 4.78 is 1.56. The van der Waals surface area contributed by atoms with Gasteiger partial charge in [-0.3, -0.25) is 9.59 Å². The SMILES string of the molecule is O=C(NCCc1ccccc1)C1CCN(c2cnn(CC3CC3)c(=O)c2)C1. The molecule has 1 N–H and O–H groups in total. The van der Waals surface area contributed by atoms with Gasteiger partial charge in [-0.15, -0.1) is 0 Å². The normalized spacial score (nSPS) is 19.3. The molecule has 6 heteroatoms. The van der Waals surface area contributed by atoms with Crippen LogP contribution in [0, 0.1) is 11.8 Å². The topological polar surface area (TPSA) is 67.2 Å². The third-order valence-corrected chi connectivity index (χ3v) is 5.46. The minimum Gasteiger partial charge on any atom is -0.369 e. The van der Waals surface area contributed by atoms with E-state index >= 15 is 0 Å². The van der Waals surface area contributed by atoms with Gasteiger partial charge < -0.3 is 10.2 Å². The average Bonchev–Trinajstić information content (AvgIpc) is 3.36. The number of nitrogens with zero attached hydrogens (tertiary/aromatic N) is 3. The smallest absolute Gasteiger partial charge is 0.268 e. The van der Waals surface area contributed by atoms with E-state index in [0.29, 0.717) is 19.0 Å². The molecule has 1 saturated heterocycles. The average molecular weight is 366 g/mol. The second-order valence-corrected chi connectivity index (χ2v) is 7.64. The summed E-state index contributed by atoms with van der Waals surface area (Å²) in [6, 6.07) is 11.8. The predicted molar refractivity (Wildman–Crippen MR) is 105 cm³/mol. The van der Waals surface area contributed by atoms with Gasteiger partial charge in [0.1, 0.15) is 0 Å². The Balaban J connectivity index is 1.28. The summed E-state index contributed by atoms with van der Waals surface area (Å²) in [4.78, 5) is 26.8. The lowest BCUT2D eigenvalue weighted by Gasteiger charge is -2.18. The second kappa shape index (κ2) is 7.94. The van der Waals surface area contributed by atoms with Gasteiger partial charge in [0.2, 0.25) is 5.91 Å². The highest BCUT2D eigenvalue weighted by Crippen LogP contribution is 2.30. The van der Waals surface area contributed by atoms with Crippen molar-refractivity contribution in [2.24, 2.45) is 11.8 Å². The van der Waals surface area contributed by atoms with Crippen molar-refractivity contribution in [1.29, 1.82) is 0 Å². The maximum Gasteiger partial charge on any atom is 0.268 e. The number of anilines is 1. The molecule has 4 rings (SSSR count). The van der Waals surface area contributed by atoms with Crippen LogP contribution in [-0.4, -0.2) is 35.3 Å². The molecular weight excluding hydrogens is 340 g/mol. The van der Waals surface area contributed by atoms with Crippen LogP contribution in [0.2, 0.25) is 0 Å². The van der Waals surface area contributed by atoms with Gasteiger partial charge in [-0.05, 0) is 37.2 Å². The predicted octanol–water partition coefficient (Wildman–Crippen LogP) is 1.84. The lowest BCUT2D eigenvalue weighted by Crippen LogP contribution is -2.34. The summed E-state index contributed by atoms with van der Waals surface area (Å²) in [6.07, 6.45) is 5.81. The van der Waals surface area contributed by atoms with E-state index in [4.69, 9.17) is 0 Å². The van der Waals surface area contributed by atoms with E-state index in [1.54, 1.807) is 16.9 Å². The fourth-order valence-corrected chi connectivity index (χ4v) is 3.61. The Morgan fingerprint density at radius 3 is 2.74 bits per heavy atom. The molecule has 0 radical (unpaired) electrons. The number of hydrogen-bond acceptors (Lipinski definition) is 4. The van der Waals surface area contributed by atoms with E-state index in [9.17, 15) is 9.59 Å². The number of hydrogen-bond donors (Lipinski definition) is 1. The zero-order valence-electron chi connectivity index (χ0n) is 15.5. The van der Waals surface area contributed by atoms with Gasteiger partial charge in [0.25, 0.3) is 5.56 Å². The van der Waals surface area contributed by atoms with Crippen LogP contribution in [-0.2, 0) is 17.8 Å². The van der Waals surface area contributed by atoms with Crippen molar-refractivity contribution in [3.8, 4) is 0 Å². The van der Waals surface area contributed by atoms with Crippen LogP contribution in [0.3, 0.4) is 0 Å². The first kappa shape index (κ1) is 17.8. The lowest BCUT2D eigenvalue weighted by molar-refractivity contribution is -0.124. The summed E-state index contributed by atoms with van der Waals surface area (Å²) in [5.74, 6) is 0.690. The van der Waals surface area contributed by atoms with Crippen molar-refractivity contribution in [2.75, 3.05) is 24.5 Å². The third-order valence-electron chi connectivity index (χ3n) is 5.46. The molecule has 2 fully saturated rings. The Bertz CT molecular complexity index is 845. The van der Waals surface area contributed by atoms with Gasteiger partial charge in [0, 0.05) is 32.2 Å². The fraction of sp³-hybridized carbons (Fsp3) is 0.476. The molecule has 2 aliphatic rings. The molecule has 6 nitrogen and oxygen atoms in total. The molecule has 1 atom stereocenters. The van der Waals surface area contributed by atoms with Crippen LogP contribution < -0.4 is 15.8 Å². The molecular formula is C21H26N4O2. The molecule has 2 aromatic rings. The van der Waals surface area contributed by atoms with E-state index < -0.39 is 0 Å². The van der Waals surface area contributed by atoms with Crippen LogP contribution in [0.25, 0.3) is 0 Å². The highest BCUT2D eigenvalue weighted by molar-refractivity contribution is 5.80. The first-order valence-electron chi connectivity index (χ1n) is 9.83. The molecule has 1 aromatic heterocycles. The number of rotatable bonds is 7. The first-order chi connectivity index (χ1) is 13.2. The van der Waals surface area contributed by atoms with Crippen LogP contribution >= 0.6 is 0 Å². The molecule has 142 valence electrons. The maximum absolute atomic E-state index is 12.4. The Kier molecular flexibility index (Phi) is 5.23. The van der Waals surface area contributed by atoms with Crippen molar-refractivity contribution in [3.63, 3.8) is 0 Å². The van der Waals surface area contributed by atoms with E-state index in [0.717, 1.165) is 31.6 Å². The van der Waals surface area contributed by atoms with Gasteiger partial charge in [-0.2, -0.15) is 5.10 Å². The van der Waals surface area contributed by atoms with Crippen molar-refractivity contribution >= 4 is 11.6 Å². The highest BCUT2D eigenvalue weighted by atomic mass is 16.2. The summed E-state index contributed by atoms with van der Waals surface area (Å²) in [5, 5.41) is 7.37. The zero-order valence-corrected chi connectivity index (χ0v) is 15.5. The van der Waals surface area contributed by atoms with Crippen LogP contribution in [0.1, 0.15) is 24.8 Å². The Hall–Kier alpha value is -2.63. The Morgan fingerprint density at radius 2 is 2.00 bits per heavy atom. The van der Waals surface area contributed by atoms with E-state index in [2.05, 4.69) is 27.4 Å². The third kappa shape index (κ3) is 4.56. The Labute approximate surface area is 159 Å². The summed E-state index contributed by atoms with van der Waals surface area (Å²) in [7, 11) is 0. The fourth-order valence-electron chi connectivity index (χ4n) is 3.61. The molecule has 0 bridgehead atoms. The van der Waals surface area contributed by atoms with Crippen LogP contribution in [0.15, 0.2) is 47.4 Å². The molecule has 1 aliphatic heterocycles. The molecule has 1 aliphatic carbocycles. The van der Waals surface area contributed by atoms with Crippen LogP contribution in [0.4, 0.5) is 5.69 Å². The number of nitrogens with one attached hydrogen (secondary N) is 1. The molecule has 1 amide bonds. The van der Waals surface area contributed by atoms with E-state index in [1.807, 2.05) is 18.2 Å². The minimum absolute atomic E-state index is 0.0327. The Morgan fingerprint density at radius 1 is 1.19 bits per heavy atom.